The molecular formula is C20H23FN2O2S. The van der Waals surface area contributed by atoms with Crippen molar-refractivity contribution in [2.45, 2.75) is 17.2 Å². The van der Waals surface area contributed by atoms with Crippen molar-refractivity contribution in [3.05, 3.63) is 66.0 Å². The first kappa shape index (κ1) is 17.6. The molecule has 1 aliphatic heterocycles. The minimum atomic E-state index is -3.43. The molecule has 3 unspecified atom stereocenters. The number of likely N-dealkylation sites (tertiary alicyclic amines) is 1. The van der Waals surface area contributed by atoms with E-state index in [9.17, 15) is 12.8 Å². The van der Waals surface area contributed by atoms with Gasteiger partial charge in [0.2, 0.25) is 10.0 Å². The first-order valence-corrected chi connectivity index (χ1v) is 10.5. The number of nitrogens with one attached hydrogen (secondary N) is 1. The number of hydrogen-bond donors (Lipinski definition) is 1. The SMILES string of the molecule is O=S(=O)(NCCN1CC2CC(c3ccc(F)cc3)C2C1)c1ccccc1. The molecule has 0 bridgehead atoms. The van der Waals surface area contributed by atoms with Crippen LogP contribution in [0.2, 0.25) is 0 Å². The second kappa shape index (κ2) is 7.10. The van der Waals surface area contributed by atoms with Gasteiger partial charge in [-0.1, -0.05) is 30.3 Å². The maximum absolute atomic E-state index is 13.1. The van der Waals surface area contributed by atoms with E-state index in [0.717, 1.165) is 26.1 Å². The molecule has 3 atom stereocenters. The van der Waals surface area contributed by atoms with Crippen LogP contribution in [0.5, 0.6) is 0 Å². The lowest BCUT2D eigenvalue weighted by Gasteiger charge is -2.40. The monoisotopic (exact) mass is 374 g/mol. The van der Waals surface area contributed by atoms with Crippen LogP contribution in [-0.4, -0.2) is 39.5 Å². The molecule has 0 aromatic heterocycles. The Hall–Kier alpha value is -1.76. The van der Waals surface area contributed by atoms with Crippen LogP contribution in [0.15, 0.2) is 59.5 Å². The molecule has 2 fully saturated rings. The van der Waals surface area contributed by atoms with Crippen LogP contribution in [0.25, 0.3) is 0 Å². The molecule has 1 N–H and O–H groups in total. The number of sulfonamides is 1. The second-order valence-corrected chi connectivity index (χ2v) is 9.06. The van der Waals surface area contributed by atoms with Gasteiger partial charge in [-0.3, -0.25) is 0 Å². The molecular weight excluding hydrogens is 351 g/mol. The summed E-state index contributed by atoms with van der Waals surface area (Å²) in [7, 11) is -3.43. The third-order valence-corrected chi connectivity index (χ3v) is 7.19. The predicted molar refractivity (Wildman–Crippen MR) is 98.8 cm³/mol. The van der Waals surface area contributed by atoms with Crippen LogP contribution in [-0.2, 0) is 10.0 Å². The van der Waals surface area contributed by atoms with E-state index in [1.807, 2.05) is 12.1 Å². The van der Waals surface area contributed by atoms with Crippen molar-refractivity contribution < 1.29 is 12.8 Å². The summed E-state index contributed by atoms with van der Waals surface area (Å²) in [5.41, 5.74) is 1.22. The van der Waals surface area contributed by atoms with E-state index >= 15 is 0 Å². The predicted octanol–water partition coefficient (Wildman–Crippen LogP) is 2.84. The summed E-state index contributed by atoms with van der Waals surface area (Å²) in [5, 5.41) is 0. The maximum Gasteiger partial charge on any atom is 0.240 e. The lowest BCUT2D eigenvalue weighted by molar-refractivity contribution is 0.191. The van der Waals surface area contributed by atoms with Crippen molar-refractivity contribution in [3.8, 4) is 0 Å². The van der Waals surface area contributed by atoms with Crippen molar-refractivity contribution in [1.82, 2.24) is 9.62 Å². The molecule has 4 rings (SSSR count). The Morgan fingerprint density at radius 3 is 2.50 bits per heavy atom. The molecule has 2 aliphatic rings. The Morgan fingerprint density at radius 1 is 1.04 bits per heavy atom. The van der Waals surface area contributed by atoms with Gasteiger partial charge >= 0.3 is 0 Å². The molecule has 138 valence electrons. The quantitative estimate of drug-likeness (QED) is 0.846. The average molecular weight is 374 g/mol. The second-order valence-electron chi connectivity index (χ2n) is 7.29. The van der Waals surface area contributed by atoms with E-state index in [2.05, 4.69) is 9.62 Å². The minimum Gasteiger partial charge on any atom is -0.301 e. The fourth-order valence-corrected chi connectivity index (χ4v) is 5.34. The van der Waals surface area contributed by atoms with Crippen molar-refractivity contribution in [2.75, 3.05) is 26.2 Å². The van der Waals surface area contributed by atoms with Gasteiger partial charge in [0.25, 0.3) is 0 Å². The van der Waals surface area contributed by atoms with Gasteiger partial charge in [0.1, 0.15) is 5.82 Å². The van der Waals surface area contributed by atoms with Crippen molar-refractivity contribution in [1.29, 1.82) is 0 Å². The molecule has 2 aromatic carbocycles. The summed E-state index contributed by atoms with van der Waals surface area (Å²) in [4.78, 5) is 2.64. The molecule has 1 saturated carbocycles. The highest BCUT2D eigenvalue weighted by atomic mass is 32.2. The van der Waals surface area contributed by atoms with Gasteiger partial charge in [0.15, 0.2) is 0 Å². The van der Waals surface area contributed by atoms with E-state index in [1.165, 1.54) is 17.7 Å². The molecule has 2 aromatic rings. The summed E-state index contributed by atoms with van der Waals surface area (Å²) in [6, 6.07) is 15.3. The van der Waals surface area contributed by atoms with Crippen LogP contribution >= 0.6 is 0 Å². The maximum atomic E-state index is 13.1. The van der Waals surface area contributed by atoms with Gasteiger partial charge in [0.05, 0.1) is 4.90 Å². The summed E-state index contributed by atoms with van der Waals surface area (Å²) in [5.74, 6) is 1.59. The van der Waals surface area contributed by atoms with Crippen LogP contribution in [0, 0.1) is 17.7 Å². The van der Waals surface area contributed by atoms with Gasteiger partial charge in [0, 0.05) is 26.2 Å². The fraction of sp³-hybridized carbons (Fsp3) is 0.400. The average Bonchev–Trinajstić information content (AvgIpc) is 2.94. The van der Waals surface area contributed by atoms with E-state index < -0.39 is 10.0 Å². The Labute approximate surface area is 154 Å². The Kier molecular flexibility index (Phi) is 4.82. The largest absolute Gasteiger partial charge is 0.301 e. The lowest BCUT2D eigenvalue weighted by atomic mass is 9.64. The molecule has 1 aliphatic carbocycles. The molecule has 4 nitrogen and oxygen atoms in total. The first-order chi connectivity index (χ1) is 12.5. The van der Waals surface area contributed by atoms with Gasteiger partial charge < -0.3 is 4.90 Å². The minimum absolute atomic E-state index is 0.191. The van der Waals surface area contributed by atoms with Crippen molar-refractivity contribution in [3.63, 3.8) is 0 Å². The number of halogens is 1. The number of hydrogen-bond acceptors (Lipinski definition) is 3. The highest BCUT2D eigenvalue weighted by Crippen LogP contribution is 2.51. The zero-order valence-electron chi connectivity index (χ0n) is 14.5. The summed E-state index contributed by atoms with van der Waals surface area (Å²) in [6.45, 7) is 3.14. The van der Waals surface area contributed by atoms with Gasteiger partial charge in [-0.15, -0.1) is 0 Å². The number of nitrogens with zero attached hydrogens (tertiary/aromatic N) is 1. The van der Waals surface area contributed by atoms with E-state index in [1.54, 1.807) is 30.3 Å². The van der Waals surface area contributed by atoms with Crippen molar-refractivity contribution in [2.24, 2.45) is 11.8 Å². The van der Waals surface area contributed by atoms with Crippen LogP contribution < -0.4 is 4.72 Å². The lowest BCUT2D eigenvalue weighted by Crippen LogP contribution is -2.34. The van der Waals surface area contributed by atoms with E-state index in [-0.39, 0.29) is 5.82 Å². The third kappa shape index (κ3) is 3.54. The first-order valence-electron chi connectivity index (χ1n) is 9.05. The zero-order valence-corrected chi connectivity index (χ0v) is 15.3. The number of fused-ring (bicyclic) bond motifs is 1. The summed E-state index contributed by atoms with van der Waals surface area (Å²) in [6.07, 6.45) is 1.14. The molecule has 6 heteroatoms. The Balaban J connectivity index is 1.28. The molecule has 1 heterocycles. The number of benzene rings is 2. The van der Waals surface area contributed by atoms with Crippen LogP contribution in [0.4, 0.5) is 4.39 Å². The smallest absolute Gasteiger partial charge is 0.240 e. The van der Waals surface area contributed by atoms with Gasteiger partial charge in [-0.25, -0.2) is 17.5 Å². The Bertz CT molecular complexity index is 855. The normalized spacial score (nSPS) is 25.7. The summed E-state index contributed by atoms with van der Waals surface area (Å²) < 4.78 is 40.3. The highest BCUT2D eigenvalue weighted by molar-refractivity contribution is 7.89. The standard InChI is InChI=1S/C20H23FN2O2S/c21-17-8-6-15(7-9-17)19-12-16-13-23(14-20(16)19)11-10-22-26(24,25)18-4-2-1-3-5-18/h1-9,16,19-20,22H,10-14H2. The van der Waals surface area contributed by atoms with Gasteiger partial charge in [-0.2, -0.15) is 0 Å². The zero-order chi connectivity index (χ0) is 18.1. The molecule has 1 saturated heterocycles. The number of rotatable bonds is 6. The molecule has 0 spiro atoms. The molecule has 0 radical (unpaired) electrons. The van der Waals surface area contributed by atoms with E-state index in [4.69, 9.17) is 0 Å². The van der Waals surface area contributed by atoms with E-state index in [0.29, 0.717) is 29.2 Å². The Morgan fingerprint density at radius 2 is 1.77 bits per heavy atom. The van der Waals surface area contributed by atoms with Crippen molar-refractivity contribution >= 4 is 10.0 Å². The third-order valence-electron chi connectivity index (χ3n) is 5.71. The van der Waals surface area contributed by atoms with Crippen LogP contribution in [0.1, 0.15) is 17.9 Å². The highest BCUT2D eigenvalue weighted by Gasteiger charge is 2.47. The molecule has 0 amide bonds. The molecule has 26 heavy (non-hydrogen) atoms. The van der Waals surface area contributed by atoms with Crippen LogP contribution in [0.3, 0.4) is 0 Å². The fourth-order valence-electron chi connectivity index (χ4n) is 4.30. The topological polar surface area (TPSA) is 49.4 Å². The summed E-state index contributed by atoms with van der Waals surface area (Å²) >= 11 is 0. The van der Waals surface area contributed by atoms with Gasteiger partial charge in [-0.05, 0) is 54.0 Å².